The number of alkyl halides is 3. The van der Waals surface area contributed by atoms with Crippen molar-refractivity contribution in [1.29, 1.82) is 0 Å². The van der Waals surface area contributed by atoms with E-state index in [2.05, 4.69) is 5.32 Å². The van der Waals surface area contributed by atoms with E-state index in [1.807, 2.05) is 37.3 Å². The summed E-state index contributed by atoms with van der Waals surface area (Å²) in [6.45, 7) is 1.87. The minimum absolute atomic E-state index is 0.0822. The molecular formula is C18H20F3NO. The molecule has 0 spiro atoms. The Balaban J connectivity index is 2.16. The Labute approximate surface area is 134 Å². The molecule has 2 atom stereocenters. The molecule has 2 nitrogen and oxygen atoms in total. The summed E-state index contributed by atoms with van der Waals surface area (Å²) >= 11 is 0. The average Bonchev–Trinajstić information content (AvgIpc) is 2.56. The maximum Gasteiger partial charge on any atom is 0.416 e. The fraction of sp³-hybridized carbons (Fsp3) is 0.333. The van der Waals surface area contributed by atoms with E-state index in [0.717, 1.165) is 23.3 Å². The molecule has 0 aliphatic carbocycles. The number of benzene rings is 2. The topological polar surface area (TPSA) is 32.3 Å². The Morgan fingerprint density at radius 3 is 1.96 bits per heavy atom. The summed E-state index contributed by atoms with van der Waals surface area (Å²) in [5.74, 6) is 0. The third-order valence-corrected chi connectivity index (χ3v) is 3.84. The molecule has 2 aromatic rings. The van der Waals surface area contributed by atoms with Crippen LogP contribution in [0.2, 0.25) is 0 Å². The lowest BCUT2D eigenvalue weighted by Crippen LogP contribution is -2.28. The fourth-order valence-corrected chi connectivity index (χ4v) is 2.54. The van der Waals surface area contributed by atoms with Crippen LogP contribution in [0, 0.1) is 0 Å². The molecule has 0 saturated carbocycles. The summed E-state index contributed by atoms with van der Waals surface area (Å²) in [4.78, 5) is 0. The van der Waals surface area contributed by atoms with Gasteiger partial charge in [-0.05, 0) is 29.7 Å². The second kappa shape index (κ2) is 7.62. The predicted octanol–water partition coefficient (Wildman–Crippen LogP) is 4.48. The third-order valence-electron chi connectivity index (χ3n) is 3.84. The molecule has 2 N–H and O–H groups in total. The zero-order valence-corrected chi connectivity index (χ0v) is 12.8. The third kappa shape index (κ3) is 4.56. The van der Waals surface area contributed by atoms with E-state index in [1.54, 1.807) is 0 Å². The molecule has 2 aromatic carbocycles. The summed E-state index contributed by atoms with van der Waals surface area (Å²) < 4.78 is 37.9. The molecule has 0 radical (unpaired) electrons. The molecule has 0 bridgehead atoms. The van der Waals surface area contributed by atoms with Crippen LogP contribution in [0.4, 0.5) is 13.2 Å². The highest BCUT2D eigenvalue weighted by Gasteiger charge is 2.30. The lowest BCUT2D eigenvalue weighted by Gasteiger charge is -2.25. The van der Waals surface area contributed by atoms with E-state index < -0.39 is 11.7 Å². The minimum atomic E-state index is -4.33. The van der Waals surface area contributed by atoms with E-state index in [9.17, 15) is 18.3 Å². The highest BCUT2D eigenvalue weighted by atomic mass is 19.4. The van der Waals surface area contributed by atoms with E-state index in [-0.39, 0.29) is 18.7 Å². The van der Waals surface area contributed by atoms with Gasteiger partial charge in [-0.1, -0.05) is 49.4 Å². The minimum Gasteiger partial charge on any atom is -0.394 e. The van der Waals surface area contributed by atoms with Crippen LogP contribution >= 0.6 is 0 Å². The van der Waals surface area contributed by atoms with Gasteiger partial charge in [-0.25, -0.2) is 0 Å². The molecule has 23 heavy (non-hydrogen) atoms. The van der Waals surface area contributed by atoms with Crippen LogP contribution in [0.1, 0.15) is 42.1 Å². The Bertz CT molecular complexity index is 596. The molecule has 0 aliphatic rings. The van der Waals surface area contributed by atoms with Gasteiger partial charge in [-0.15, -0.1) is 0 Å². The molecule has 0 aromatic heterocycles. The molecule has 1 unspecified atom stereocenters. The summed E-state index contributed by atoms with van der Waals surface area (Å²) in [6.07, 6.45) is -3.62. The fourth-order valence-electron chi connectivity index (χ4n) is 2.54. The quantitative estimate of drug-likeness (QED) is 0.821. The van der Waals surface area contributed by atoms with Gasteiger partial charge in [-0.3, -0.25) is 0 Å². The summed E-state index contributed by atoms with van der Waals surface area (Å²) in [7, 11) is 0. The molecule has 0 fully saturated rings. The zero-order valence-electron chi connectivity index (χ0n) is 12.8. The van der Waals surface area contributed by atoms with Crippen LogP contribution in [0.15, 0.2) is 54.6 Å². The van der Waals surface area contributed by atoms with Crippen LogP contribution < -0.4 is 5.32 Å². The first-order valence-electron chi connectivity index (χ1n) is 7.54. The van der Waals surface area contributed by atoms with Gasteiger partial charge in [0.1, 0.15) is 0 Å². The van der Waals surface area contributed by atoms with E-state index in [1.165, 1.54) is 12.1 Å². The standard InChI is InChI=1S/C18H20F3NO/c1-2-16(14-8-10-15(11-9-14)18(19,20)21)22-17(12-23)13-6-4-3-5-7-13/h3-11,16-17,22-23H,2,12H2,1H3/t16?,17-/m1/s1. The highest BCUT2D eigenvalue weighted by Crippen LogP contribution is 2.30. The molecule has 0 heterocycles. The molecule has 0 aliphatic heterocycles. The van der Waals surface area contributed by atoms with E-state index >= 15 is 0 Å². The molecule has 0 amide bonds. The lowest BCUT2D eigenvalue weighted by molar-refractivity contribution is -0.137. The summed E-state index contributed by atoms with van der Waals surface area (Å²) in [5, 5.41) is 12.9. The Hall–Kier alpha value is -1.85. The first-order valence-corrected chi connectivity index (χ1v) is 7.54. The monoisotopic (exact) mass is 323 g/mol. The number of aliphatic hydroxyl groups is 1. The average molecular weight is 323 g/mol. The Kier molecular flexibility index (Phi) is 5.80. The summed E-state index contributed by atoms with van der Waals surface area (Å²) in [5.41, 5.74) is 1.06. The van der Waals surface area contributed by atoms with Gasteiger partial charge in [0.2, 0.25) is 0 Å². The lowest BCUT2D eigenvalue weighted by atomic mass is 9.99. The van der Waals surface area contributed by atoms with Crippen molar-refractivity contribution in [3.63, 3.8) is 0 Å². The van der Waals surface area contributed by atoms with Gasteiger partial charge < -0.3 is 10.4 Å². The number of aliphatic hydroxyl groups excluding tert-OH is 1. The van der Waals surface area contributed by atoms with Gasteiger partial charge in [0.05, 0.1) is 18.2 Å². The van der Waals surface area contributed by atoms with Gasteiger partial charge in [-0.2, -0.15) is 13.2 Å². The van der Waals surface area contributed by atoms with Crippen molar-refractivity contribution < 1.29 is 18.3 Å². The van der Waals surface area contributed by atoms with Gasteiger partial charge in [0.15, 0.2) is 0 Å². The largest absolute Gasteiger partial charge is 0.416 e. The molecule has 2 rings (SSSR count). The van der Waals surface area contributed by atoms with Crippen LogP contribution in [-0.4, -0.2) is 11.7 Å². The maximum absolute atomic E-state index is 12.6. The van der Waals surface area contributed by atoms with Crippen molar-refractivity contribution in [3.8, 4) is 0 Å². The zero-order chi connectivity index (χ0) is 16.9. The normalized spacial score (nSPS) is 14.5. The van der Waals surface area contributed by atoms with Crippen LogP contribution in [0.3, 0.4) is 0 Å². The van der Waals surface area contributed by atoms with Gasteiger partial charge in [0, 0.05) is 6.04 Å². The number of rotatable bonds is 6. The highest BCUT2D eigenvalue weighted by molar-refractivity contribution is 5.27. The second-order valence-corrected chi connectivity index (χ2v) is 5.39. The van der Waals surface area contributed by atoms with Crippen molar-refractivity contribution >= 4 is 0 Å². The molecule has 5 heteroatoms. The Morgan fingerprint density at radius 2 is 1.48 bits per heavy atom. The van der Waals surface area contributed by atoms with Crippen molar-refractivity contribution in [2.75, 3.05) is 6.61 Å². The SMILES string of the molecule is CCC(N[C@H](CO)c1ccccc1)c1ccc(C(F)(F)F)cc1. The van der Waals surface area contributed by atoms with Crippen LogP contribution in [0.5, 0.6) is 0 Å². The predicted molar refractivity (Wildman–Crippen MR) is 83.9 cm³/mol. The molecule has 124 valence electrons. The van der Waals surface area contributed by atoms with Crippen molar-refractivity contribution in [3.05, 3.63) is 71.3 Å². The van der Waals surface area contributed by atoms with E-state index in [4.69, 9.17) is 0 Å². The number of hydrogen-bond acceptors (Lipinski definition) is 2. The number of hydrogen-bond donors (Lipinski definition) is 2. The molecular weight excluding hydrogens is 303 g/mol. The number of halogens is 3. The second-order valence-electron chi connectivity index (χ2n) is 5.39. The van der Waals surface area contributed by atoms with Crippen LogP contribution in [-0.2, 0) is 6.18 Å². The van der Waals surface area contributed by atoms with Gasteiger partial charge >= 0.3 is 6.18 Å². The van der Waals surface area contributed by atoms with Crippen molar-refractivity contribution in [1.82, 2.24) is 5.32 Å². The van der Waals surface area contributed by atoms with Crippen molar-refractivity contribution in [2.45, 2.75) is 31.6 Å². The van der Waals surface area contributed by atoms with Gasteiger partial charge in [0.25, 0.3) is 0 Å². The first kappa shape index (κ1) is 17.5. The van der Waals surface area contributed by atoms with E-state index in [0.29, 0.717) is 6.42 Å². The summed E-state index contributed by atoms with van der Waals surface area (Å²) in [6, 6.07) is 14.3. The first-order chi connectivity index (χ1) is 11.0. The molecule has 0 saturated heterocycles. The van der Waals surface area contributed by atoms with Crippen molar-refractivity contribution in [2.24, 2.45) is 0 Å². The number of nitrogens with one attached hydrogen (secondary N) is 1. The maximum atomic E-state index is 12.6. The van der Waals surface area contributed by atoms with Crippen LogP contribution in [0.25, 0.3) is 0 Å². The smallest absolute Gasteiger partial charge is 0.394 e. The Morgan fingerprint density at radius 1 is 0.913 bits per heavy atom.